The zero-order valence-corrected chi connectivity index (χ0v) is 18.2. The first-order valence-corrected chi connectivity index (χ1v) is 10.4. The standard InChI is InChI=1S/C23H29N5O3/c1-16-15-20(31-19-8-6-17(7-9-19)22(24)30)26-23(25-16)18-10-13-28(14-11-18)21(29)5-4-12-27(2)3/h4-9,15,18H,10-14H2,1-3H3,(H2,24,30)/b5-4+. The number of hydrogen-bond acceptors (Lipinski definition) is 6. The van der Waals surface area contributed by atoms with E-state index in [1.165, 1.54) is 0 Å². The third-order valence-corrected chi connectivity index (χ3v) is 5.11. The Labute approximate surface area is 182 Å². The number of primary amides is 1. The van der Waals surface area contributed by atoms with Gasteiger partial charge in [0.15, 0.2) is 0 Å². The number of benzene rings is 1. The quantitative estimate of drug-likeness (QED) is 0.687. The highest BCUT2D eigenvalue weighted by molar-refractivity contribution is 5.92. The third kappa shape index (κ3) is 6.36. The number of likely N-dealkylation sites (N-methyl/N-ethyl adjacent to an activating group) is 1. The fourth-order valence-electron chi connectivity index (χ4n) is 3.43. The summed E-state index contributed by atoms with van der Waals surface area (Å²) in [6, 6.07) is 8.38. The number of rotatable bonds is 7. The van der Waals surface area contributed by atoms with E-state index >= 15 is 0 Å². The van der Waals surface area contributed by atoms with Gasteiger partial charge in [0.25, 0.3) is 0 Å². The van der Waals surface area contributed by atoms with E-state index in [1.54, 1.807) is 36.4 Å². The van der Waals surface area contributed by atoms with Crippen molar-refractivity contribution in [3.63, 3.8) is 0 Å². The van der Waals surface area contributed by atoms with Gasteiger partial charge < -0.3 is 20.3 Å². The van der Waals surface area contributed by atoms with Gasteiger partial charge in [-0.3, -0.25) is 9.59 Å². The second-order valence-electron chi connectivity index (χ2n) is 7.96. The molecule has 3 rings (SSSR count). The summed E-state index contributed by atoms with van der Waals surface area (Å²) in [5.74, 6) is 1.50. The van der Waals surface area contributed by atoms with Crippen LogP contribution < -0.4 is 10.5 Å². The summed E-state index contributed by atoms with van der Waals surface area (Å²) in [5.41, 5.74) is 6.51. The number of ether oxygens (including phenoxy) is 1. The number of piperidine rings is 1. The minimum Gasteiger partial charge on any atom is -0.439 e. The molecule has 2 amide bonds. The molecule has 8 nitrogen and oxygen atoms in total. The molecule has 0 atom stereocenters. The van der Waals surface area contributed by atoms with Crippen LogP contribution >= 0.6 is 0 Å². The first kappa shape index (κ1) is 22.4. The summed E-state index contributed by atoms with van der Waals surface area (Å²) in [6.45, 7) is 4.01. The maximum absolute atomic E-state index is 12.3. The highest BCUT2D eigenvalue weighted by Crippen LogP contribution is 2.28. The summed E-state index contributed by atoms with van der Waals surface area (Å²) in [4.78, 5) is 36.6. The summed E-state index contributed by atoms with van der Waals surface area (Å²) < 4.78 is 5.87. The van der Waals surface area contributed by atoms with Gasteiger partial charge in [-0.15, -0.1) is 0 Å². The van der Waals surface area contributed by atoms with Crippen molar-refractivity contribution in [2.75, 3.05) is 33.7 Å². The van der Waals surface area contributed by atoms with Crippen LogP contribution in [0.3, 0.4) is 0 Å². The minimum absolute atomic E-state index is 0.0499. The van der Waals surface area contributed by atoms with Crippen LogP contribution in [0, 0.1) is 6.92 Å². The Balaban J connectivity index is 1.62. The first-order chi connectivity index (χ1) is 14.8. The molecule has 1 aliphatic rings. The summed E-state index contributed by atoms with van der Waals surface area (Å²) in [5, 5.41) is 0. The molecule has 0 bridgehead atoms. The number of carbonyl (C=O) groups excluding carboxylic acids is 2. The monoisotopic (exact) mass is 423 g/mol. The number of aryl methyl sites for hydroxylation is 1. The minimum atomic E-state index is -0.482. The van der Waals surface area contributed by atoms with Crippen LogP contribution in [0.15, 0.2) is 42.5 Å². The zero-order valence-electron chi connectivity index (χ0n) is 18.2. The van der Waals surface area contributed by atoms with Crippen molar-refractivity contribution in [3.8, 4) is 11.6 Å². The normalized spacial score (nSPS) is 14.9. The lowest BCUT2D eigenvalue weighted by Gasteiger charge is -2.30. The van der Waals surface area contributed by atoms with Crippen molar-refractivity contribution < 1.29 is 14.3 Å². The van der Waals surface area contributed by atoms with E-state index in [0.717, 1.165) is 30.9 Å². The molecular formula is C23H29N5O3. The average molecular weight is 424 g/mol. The van der Waals surface area contributed by atoms with Gasteiger partial charge in [-0.2, -0.15) is 4.98 Å². The predicted octanol–water partition coefficient (Wildman–Crippen LogP) is 2.50. The Hall–Kier alpha value is -3.26. The molecule has 164 valence electrons. The molecule has 1 aliphatic heterocycles. The van der Waals surface area contributed by atoms with Crippen molar-refractivity contribution in [3.05, 3.63) is 59.6 Å². The molecule has 1 aromatic heterocycles. The molecule has 31 heavy (non-hydrogen) atoms. The molecule has 0 aliphatic carbocycles. The summed E-state index contributed by atoms with van der Waals surface area (Å²) in [6.07, 6.45) is 5.16. The Morgan fingerprint density at radius 1 is 1.19 bits per heavy atom. The van der Waals surface area contributed by atoms with Crippen LogP contribution in [0.2, 0.25) is 0 Å². The lowest BCUT2D eigenvalue weighted by molar-refractivity contribution is -0.127. The Bertz CT molecular complexity index is 948. The van der Waals surface area contributed by atoms with Gasteiger partial charge in [-0.25, -0.2) is 4.98 Å². The van der Waals surface area contributed by atoms with Crippen LogP contribution in [-0.2, 0) is 4.79 Å². The Kier molecular flexibility index (Phi) is 7.36. The van der Waals surface area contributed by atoms with Crippen LogP contribution in [0.1, 0.15) is 40.6 Å². The zero-order chi connectivity index (χ0) is 22.4. The van der Waals surface area contributed by atoms with Crippen LogP contribution in [-0.4, -0.2) is 65.3 Å². The van der Waals surface area contributed by atoms with Gasteiger partial charge in [-0.05, 0) is 58.1 Å². The van der Waals surface area contributed by atoms with E-state index in [1.807, 2.05) is 36.9 Å². The Morgan fingerprint density at radius 3 is 2.48 bits per heavy atom. The molecule has 0 unspecified atom stereocenters. The maximum Gasteiger partial charge on any atom is 0.248 e. The number of nitrogens with zero attached hydrogens (tertiary/aromatic N) is 4. The molecular weight excluding hydrogens is 394 g/mol. The molecule has 0 spiro atoms. The van der Waals surface area contributed by atoms with Crippen LogP contribution in [0.5, 0.6) is 11.6 Å². The van der Waals surface area contributed by atoms with Gasteiger partial charge in [0.1, 0.15) is 11.6 Å². The highest BCUT2D eigenvalue weighted by Gasteiger charge is 2.25. The molecule has 1 fully saturated rings. The summed E-state index contributed by atoms with van der Waals surface area (Å²) in [7, 11) is 3.94. The van der Waals surface area contributed by atoms with Gasteiger partial charge in [0.2, 0.25) is 17.7 Å². The number of likely N-dealkylation sites (tertiary alicyclic amines) is 1. The number of nitrogens with two attached hydrogens (primary N) is 1. The first-order valence-electron chi connectivity index (χ1n) is 10.4. The van der Waals surface area contributed by atoms with Crippen molar-refractivity contribution in [2.24, 2.45) is 5.73 Å². The van der Waals surface area contributed by atoms with E-state index in [2.05, 4.69) is 9.97 Å². The van der Waals surface area contributed by atoms with E-state index in [-0.39, 0.29) is 11.8 Å². The van der Waals surface area contributed by atoms with Crippen molar-refractivity contribution >= 4 is 11.8 Å². The van der Waals surface area contributed by atoms with E-state index in [4.69, 9.17) is 10.5 Å². The molecule has 0 radical (unpaired) electrons. The average Bonchev–Trinajstić information content (AvgIpc) is 2.73. The fraction of sp³-hybridized carbons (Fsp3) is 0.391. The van der Waals surface area contributed by atoms with Crippen molar-refractivity contribution in [1.82, 2.24) is 19.8 Å². The Morgan fingerprint density at radius 2 is 1.87 bits per heavy atom. The molecule has 0 saturated carbocycles. The van der Waals surface area contributed by atoms with Gasteiger partial charge in [-0.1, -0.05) is 6.08 Å². The molecule has 1 aromatic carbocycles. The van der Waals surface area contributed by atoms with Gasteiger partial charge in [0.05, 0.1) is 0 Å². The second-order valence-corrected chi connectivity index (χ2v) is 7.96. The van der Waals surface area contributed by atoms with E-state index < -0.39 is 5.91 Å². The second kappa shape index (κ2) is 10.2. The molecule has 2 aromatic rings. The van der Waals surface area contributed by atoms with Crippen LogP contribution in [0.25, 0.3) is 0 Å². The van der Waals surface area contributed by atoms with Crippen molar-refractivity contribution in [2.45, 2.75) is 25.7 Å². The molecule has 2 heterocycles. The molecule has 2 N–H and O–H groups in total. The maximum atomic E-state index is 12.3. The lowest BCUT2D eigenvalue weighted by Crippen LogP contribution is -2.37. The highest BCUT2D eigenvalue weighted by atomic mass is 16.5. The third-order valence-electron chi connectivity index (χ3n) is 5.11. The number of amides is 2. The topological polar surface area (TPSA) is 102 Å². The largest absolute Gasteiger partial charge is 0.439 e. The fourth-order valence-corrected chi connectivity index (χ4v) is 3.43. The van der Waals surface area contributed by atoms with Gasteiger partial charge in [0, 0.05) is 49.0 Å². The smallest absolute Gasteiger partial charge is 0.248 e. The molecule has 8 heteroatoms. The number of carbonyl (C=O) groups is 2. The van der Waals surface area contributed by atoms with E-state index in [0.29, 0.717) is 30.3 Å². The summed E-state index contributed by atoms with van der Waals surface area (Å²) >= 11 is 0. The van der Waals surface area contributed by atoms with Crippen molar-refractivity contribution in [1.29, 1.82) is 0 Å². The molecule has 1 saturated heterocycles. The number of hydrogen-bond donors (Lipinski definition) is 1. The lowest BCUT2D eigenvalue weighted by atomic mass is 9.95. The van der Waals surface area contributed by atoms with Gasteiger partial charge >= 0.3 is 0 Å². The van der Waals surface area contributed by atoms with Crippen LogP contribution in [0.4, 0.5) is 0 Å². The number of aromatic nitrogens is 2. The predicted molar refractivity (Wildman–Crippen MR) is 118 cm³/mol. The SMILES string of the molecule is Cc1cc(Oc2ccc(C(N)=O)cc2)nc(C2CCN(C(=O)/C=C/CN(C)C)CC2)n1. The van der Waals surface area contributed by atoms with E-state index in [9.17, 15) is 9.59 Å².